The van der Waals surface area contributed by atoms with Gasteiger partial charge in [-0.05, 0) is 31.2 Å². The maximum absolute atomic E-state index is 13.8. The van der Waals surface area contributed by atoms with Gasteiger partial charge in [0.15, 0.2) is 0 Å². The van der Waals surface area contributed by atoms with E-state index in [1.54, 1.807) is 12.1 Å². The van der Waals surface area contributed by atoms with Crippen LogP contribution >= 0.6 is 35.1 Å². The summed E-state index contributed by atoms with van der Waals surface area (Å²) in [6, 6.07) is 5.27. The summed E-state index contributed by atoms with van der Waals surface area (Å²) in [7, 11) is 1.96. The minimum atomic E-state index is -0.198. The van der Waals surface area contributed by atoms with Gasteiger partial charge in [0.25, 0.3) is 0 Å². The van der Waals surface area contributed by atoms with Crippen molar-refractivity contribution < 1.29 is 4.39 Å². The van der Waals surface area contributed by atoms with Gasteiger partial charge in [-0.1, -0.05) is 17.7 Å². The Labute approximate surface area is 121 Å². The predicted octanol–water partition coefficient (Wildman–Crippen LogP) is 3.46. The van der Waals surface area contributed by atoms with E-state index in [0.717, 1.165) is 17.7 Å². The number of hydrogen-bond acceptors (Lipinski definition) is 3. The van der Waals surface area contributed by atoms with Crippen LogP contribution in [0.15, 0.2) is 18.2 Å². The van der Waals surface area contributed by atoms with Crippen LogP contribution in [0, 0.1) is 5.82 Å². The van der Waals surface area contributed by atoms with Gasteiger partial charge in [-0.15, -0.1) is 0 Å². The molecule has 0 amide bonds. The highest BCUT2D eigenvalue weighted by Gasteiger charge is 2.24. The third-order valence-corrected chi connectivity index (χ3v) is 6.27. The van der Waals surface area contributed by atoms with E-state index in [-0.39, 0.29) is 5.82 Å². The first kappa shape index (κ1) is 14.5. The van der Waals surface area contributed by atoms with E-state index in [4.69, 9.17) is 11.6 Å². The second-order valence-electron chi connectivity index (χ2n) is 4.32. The number of benzene rings is 1. The van der Waals surface area contributed by atoms with Gasteiger partial charge in [-0.2, -0.15) is 23.5 Å². The zero-order valence-electron chi connectivity index (χ0n) is 10.3. The molecule has 1 N–H and O–H groups in total. The number of hydrogen-bond donors (Lipinski definition) is 1. The van der Waals surface area contributed by atoms with Crippen LogP contribution in [0.3, 0.4) is 0 Å². The van der Waals surface area contributed by atoms with E-state index in [1.807, 2.05) is 30.6 Å². The lowest BCUT2D eigenvalue weighted by molar-refractivity contribution is 0.533. The van der Waals surface area contributed by atoms with Crippen molar-refractivity contribution in [3.8, 4) is 0 Å². The van der Waals surface area contributed by atoms with Gasteiger partial charge in [-0.25, -0.2) is 4.39 Å². The molecule has 0 bridgehead atoms. The fourth-order valence-electron chi connectivity index (χ4n) is 2.08. The summed E-state index contributed by atoms with van der Waals surface area (Å²) in [4.78, 5) is 0. The molecule has 1 heterocycles. The van der Waals surface area contributed by atoms with Gasteiger partial charge >= 0.3 is 0 Å². The molecule has 2 atom stereocenters. The molecule has 0 aromatic heterocycles. The first-order chi connectivity index (χ1) is 8.70. The van der Waals surface area contributed by atoms with Crippen molar-refractivity contribution in [3.63, 3.8) is 0 Å². The highest BCUT2D eigenvalue weighted by Crippen LogP contribution is 2.28. The SMILES string of the molecule is CNC(Cc1ccc(Cl)cc1F)C1CSCCS1. The quantitative estimate of drug-likeness (QED) is 0.915. The van der Waals surface area contributed by atoms with Crippen LogP contribution in [0.4, 0.5) is 4.39 Å². The standard InChI is InChI=1S/C13H17ClFNS2/c1-16-12(13-8-17-4-5-18-13)6-9-2-3-10(14)7-11(9)15/h2-3,7,12-13,16H,4-6,8H2,1H3. The maximum atomic E-state index is 13.8. The van der Waals surface area contributed by atoms with E-state index in [9.17, 15) is 4.39 Å². The fourth-order valence-corrected chi connectivity index (χ4v) is 5.17. The average molecular weight is 306 g/mol. The lowest BCUT2D eigenvalue weighted by Gasteiger charge is -2.29. The highest BCUT2D eigenvalue weighted by atomic mass is 35.5. The summed E-state index contributed by atoms with van der Waals surface area (Å²) in [5.41, 5.74) is 0.745. The summed E-state index contributed by atoms with van der Waals surface area (Å²) in [6.45, 7) is 0. The molecule has 0 radical (unpaired) electrons. The second kappa shape index (κ2) is 7.04. The molecule has 2 unspecified atom stereocenters. The topological polar surface area (TPSA) is 12.0 Å². The molecule has 1 aliphatic rings. The molecule has 5 heteroatoms. The lowest BCUT2D eigenvalue weighted by Crippen LogP contribution is -2.40. The molecule has 18 heavy (non-hydrogen) atoms. The van der Waals surface area contributed by atoms with Crippen LogP contribution in [0.25, 0.3) is 0 Å². The van der Waals surface area contributed by atoms with Crippen LogP contribution in [0.1, 0.15) is 5.56 Å². The highest BCUT2D eigenvalue weighted by molar-refractivity contribution is 8.06. The molecule has 1 aromatic rings. The first-order valence-corrected chi connectivity index (χ1v) is 8.59. The summed E-state index contributed by atoms with van der Waals surface area (Å²) in [5.74, 6) is 3.37. The minimum Gasteiger partial charge on any atom is -0.316 e. The molecule has 1 saturated heterocycles. The van der Waals surface area contributed by atoms with E-state index in [0.29, 0.717) is 16.3 Å². The van der Waals surface area contributed by atoms with Crippen molar-refractivity contribution in [1.82, 2.24) is 5.32 Å². The van der Waals surface area contributed by atoms with Crippen molar-refractivity contribution in [2.45, 2.75) is 17.7 Å². The van der Waals surface area contributed by atoms with Gasteiger partial charge < -0.3 is 5.32 Å². The number of halogens is 2. The summed E-state index contributed by atoms with van der Waals surface area (Å²) >= 11 is 9.75. The molecule has 0 saturated carbocycles. The number of rotatable bonds is 4. The van der Waals surface area contributed by atoms with Gasteiger partial charge in [0, 0.05) is 33.6 Å². The summed E-state index contributed by atoms with van der Waals surface area (Å²) in [5, 5.41) is 4.35. The lowest BCUT2D eigenvalue weighted by atomic mass is 10.0. The zero-order valence-corrected chi connectivity index (χ0v) is 12.7. The number of likely N-dealkylation sites (N-methyl/N-ethyl adjacent to an activating group) is 1. The third-order valence-electron chi connectivity index (χ3n) is 3.12. The van der Waals surface area contributed by atoms with Gasteiger partial charge in [0.1, 0.15) is 5.82 Å². The predicted molar refractivity (Wildman–Crippen MR) is 81.5 cm³/mol. The van der Waals surface area contributed by atoms with E-state index < -0.39 is 0 Å². The number of nitrogens with one attached hydrogen (secondary N) is 1. The second-order valence-corrected chi connectivity index (χ2v) is 7.25. The van der Waals surface area contributed by atoms with Crippen molar-refractivity contribution in [2.75, 3.05) is 24.3 Å². The largest absolute Gasteiger partial charge is 0.316 e. The molecule has 0 aliphatic carbocycles. The minimum absolute atomic E-state index is 0.198. The first-order valence-electron chi connectivity index (χ1n) is 6.01. The van der Waals surface area contributed by atoms with Crippen molar-refractivity contribution >= 4 is 35.1 Å². The van der Waals surface area contributed by atoms with E-state index in [1.165, 1.54) is 17.6 Å². The normalized spacial score (nSPS) is 21.8. The molecule has 1 fully saturated rings. The monoisotopic (exact) mass is 305 g/mol. The Morgan fingerprint density at radius 2 is 2.33 bits per heavy atom. The van der Waals surface area contributed by atoms with Crippen LogP contribution in [0.5, 0.6) is 0 Å². The van der Waals surface area contributed by atoms with E-state index in [2.05, 4.69) is 5.32 Å². The summed E-state index contributed by atoms with van der Waals surface area (Å²) < 4.78 is 13.8. The Hall–Kier alpha value is 0.1000. The molecule has 2 rings (SSSR count). The van der Waals surface area contributed by atoms with Crippen LogP contribution in [-0.2, 0) is 6.42 Å². The molecule has 100 valence electrons. The molecular weight excluding hydrogens is 289 g/mol. The van der Waals surface area contributed by atoms with Crippen LogP contribution < -0.4 is 5.32 Å². The average Bonchev–Trinajstić information content (AvgIpc) is 2.39. The zero-order chi connectivity index (χ0) is 13.0. The molecule has 1 aromatic carbocycles. The third kappa shape index (κ3) is 3.80. The van der Waals surface area contributed by atoms with Gasteiger partial charge in [0.2, 0.25) is 0 Å². The fraction of sp³-hybridized carbons (Fsp3) is 0.538. The Balaban J connectivity index is 2.04. The van der Waals surface area contributed by atoms with Crippen molar-refractivity contribution in [2.24, 2.45) is 0 Å². The number of thioether (sulfide) groups is 2. The molecule has 1 nitrogen and oxygen atoms in total. The maximum Gasteiger partial charge on any atom is 0.127 e. The van der Waals surface area contributed by atoms with Gasteiger partial charge in [-0.3, -0.25) is 0 Å². The smallest absolute Gasteiger partial charge is 0.127 e. The molecule has 0 spiro atoms. The Kier molecular flexibility index (Phi) is 5.67. The van der Waals surface area contributed by atoms with E-state index >= 15 is 0 Å². The van der Waals surface area contributed by atoms with Crippen LogP contribution in [-0.4, -0.2) is 35.6 Å². The van der Waals surface area contributed by atoms with Crippen molar-refractivity contribution in [1.29, 1.82) is 0 Å². The summed E-state index contributed by atoms with van der Waals surface area (Å²) in [6.07, 6.45) is 0.720. The van der Waals surface area contributed by atoms with Gasteiger partial charge in [0.05, 0.1) is 0 Å². The van der Waals surface area contributed by atoms with Crippen molar-refractivity contribution in [3.05, 3.63) is 34.6 Å². The molecule has 1 aliphatic heterocycles. The van der Waals surface area contributed by atoms with Crippen LogP contribution in [0.2, 0.25) is 5.02 Å². The molecular formula is C13H17ClFNS2. The Morgan fingerprint density at radius 1 is 1.50 bits per heavy atom. The Bertz CT molecular complexity index is 397. The Morgan fingerprint density at radius 3 is 2.94 bits per heavy atom.